The summed E-state index contributed by atoms with van der Waals surface area (Å²) in [6.45, 7) is -1.28. The molecule has 0 aliphatic rings. The molecule has 0 aliphatic carbocycles. The van der Waals surface area contributed by atoms with Crippen LogP contribution in [0.4, 0.5) is 0 Å². The fraction of sp³-hybridized carbons (Fsp3) is 0.643. The third-order valence-electron chi connectivity index (χ3n) is 3.26. The van der Waals surface area contributed by atoms with Gasteiger partial charge in [0, 0.05) is 0 Å². The number of hydrogen-bond donors (Lipinski definition) is 7. The van der Waals surface area contributed by atoms with Gasteiger partial charge >= 0.3 is 11.9 Å². The van der Waals surface area contributed by atoms with Crippen LogP contribution in [0.2, 0.25) is 0 Å². The first-order valence-corrected chi connectivity index (χ1v) is 9.20. The van der Waals surface area contributed by atoms with E-state index in [2.05, 4.69) is 10.6 Å². The van der Waals surface area contributed by atoms with Crippen LogP contribution in [0.5, 0.6) is 0 Å². The number of amides is 3. The quantitative estimate of drug-likeness (QED) is 0.161. The number of aliphatic hydroxyl groups is 1. The second-order valence-electron chi connectivity index (χ2n) is 5.35. The predicted molar refractivity (Wildman–Crippen MR) is 94.8 cm³/mol. The second kappa shape index (κ2) is 12.9. The third kappa shape index (κ3) is 9.77. The standard InChI is InChI=1S/C14H24N4O8S/c1-27-3-2-7(16-10(20)5-15)12(23)17-8(4-11(21)22)13(24)18-9(6-19)14(25)26/h7-9,19H,2-6,15H2,1H3,(H,16,20)(H,17,23)(H,18,24)(H,21,22)(H,25,26). The minimum Gasteiger partial charge on any atom is -0.481 e. The Labute approximate surface area is 159 Å². The molecule has 0 aliphatic heterocycles. The molecule has 12 nitrogen and oxygen atoms in total. The highest BCUT2D eigenvalue weighted by Crippen LogP contribution is 2.03. The monoisotopic (exact) mass is 408 g/mol. The van der Waals surface area contributed by atoms with E-state index in [1.54, 1.807) is 6.26 Å². The average Bonchev–Trinajstić information content (AvgIpc) is 2.61. The van der Waals surface area contributed by atoms with E-state index in [0.29, 0.717) is 5.75 Å². The molecule has 3 unspecified atom stereocenters. The van der Waals surface area contributed by atoms with E-state index in [4.69, 9.17) is 21.1 Å². The summed E-state index contributed by atoms with van der Waals surface area (Å²) in [5.41, 5.74) is 5.19. The first-order chi connectivity index (χ1) is 12.7. The van der Waals surface area contributed by atoms with Crippen LogP contribution in [0.15, 0.2) is 0 Å². The Kier molecular flexibility index (Phi) is 11.8. The van der Waals surface area contributed by atoms with Crippen molar-refractivity contribution in [3.8, 4) is 0 Å². The summed E-state index contributed by atoms with van der Waals surface area (Å²) in [6.07, 6.45) is 1.16. The molecule has 0 heterocycles. The van der Waals surface area contributed by atoms with E-state index < -0.39 is 60.8 Å². The van der Waals surface area contributed by atoms with E-state index in [9.17, 15) is 24.0 Å². The number of thioether (sulfide) groups is 1. The number of carboxylic acids is 2. The molecule has 0 bridgehead atoms. The first-order valence-electron chi connectivity index (χ1n) is 7.80. The Morgan fingerprint density at radius 3 is 1.96 bits per heavy atom. The Morgan fingerprint density at radius 2 is 1.52 bits per heavy atom. The highest BCUT2D eigenvalue weighted by molar-refractivity contribution is 7.98. The van der Waals surface area contributed by atoms with Crippen molar-refractivity contribution in [2.24, 2.45) is 5.73 Å². The van der Waals surface area contributed by atoms with Crippen molar-refractivity contribution < 1.29 is 39.3 Å². The molecule has 8 N–H and O–H groups in total. The summed E-state index contributed by atoms with van der Waals surface area (Å²) in [5, 5.41) is 33.2. The van der Waals surface area contributed by atoms with Crippen molar-refractivity contribution in [2.45, 2.75) is 31.0 Å². The lowest BCUT2D eigenvalue weighted by molar-refractivity contribution is -0.144. The zero-order valence-electron chi connectivity index (χ0n) is 14.6. The molecule has 0 aromatic carbocycles. The molecule has 0 saturated carbocycles. The lowest BCUT2D eigenvalue weighted by Crippen LogP contribution is -2.57. The molecule has 154 valence electrons. The van der Waals surface area contributed by atoms with Crippen LogP contribution >= 0.6 is 11.8 Å². The van der Waals surface area contributed by atoms with Gasteiger partial charge in [0.05, 0.1) is 19.6 Å². The lowest BCUT2D eigenvalue weighted by atomic mass is 10.1. The summed E-state index contributed by atoms with van der Waals surface area (Å²) in [5.74, 6) is -4.98. The van der Waals surface area contributed by atoms with Crippen LogP contribution in [-0.2, 0) is 24.0 Å². The van der Waals surface area contributed by atoms with Gasteiger partial charge in [-0.25, -0.2) is 4.79 Å². The number of carbonyl (C=O) groups is 5. The highest BCUT2D eigenvalue weighted by atomic mass is 32.2. The summed E-state index contributed by atoms with van der Waals surface area (Å²) >= 11 is 1.40. The highest BCUT2D eigenvalue weighted by Gasteiger charge is 2.30. The van der Waals surface area contributed by atoms with Gasteiger partial charge in [-0.3, -0.25) is 19.2 Å². The first kappa shape index (κ1) is 24.6. The van der Waals surface area contributed by atoms with Crippen LogP contribution in [0.3, 0.4) is 0 Å². The van der Waals surface area contributed by atoms with Gasteiger partial charge in [-0.15, -0.1) is 0 Å². The van der Waals surface area contributed by atoms with Gasteiger partial charge < -0.3 is 37.0 Å². The van der Waals surface area contributed by atoms with Crippen molar-refractivity contribution in [3.05, 3.63) is 0 Å². The second-order valence-corrected chi connectivity index (χ2v) is 6.33. The van der Waals surface area contributed by atoms with Gasteiger partial charge in [-0.05, 0) is 18.4 Å². The molecule has 0 fully saturated rings. The Bertz CT molecular complexity index is 559. The summed E-state index contributed by atoms with van der Waals surface area (Å²) in [6, 6.07) is -4.31. The average molecular weight is 408 g/mol. The molecule has 0 aromatic rings. The fourth-order valence-electron chi connectivity index (χ4n) is 1.87. The maximum Gasteiger partial charge on any atom is 0.328 e. The molecule has 0 spiro atoms. The maximum absolute atomic E-state index is 12.4. The van der Waals surface area contributed by atoms with Gasteiger partial charge in [0.15, 0.2) is 0 Å². The number of aliphatic carboxylic acids is 2. The molecular formula is C14H24N4O8S. The van der Waals surface area contributed by atoms with E-state index in [-0.39, 0.29) is 13.0 Å². The zero-order valence-corrected chi connectivity index (χ0v) is 15.5. The van der Waals surface area contributed by atoms with Gasteiger partial charge in [0.2, 0.25) is 17.7 Å². The number of nitrogens with one attached hydrogen (secondary N) is 3. The van der Waals surface area contributed by atoms with Gasteiger partial charge in [0.25, 0.3) is 0 Å². The third-order valence-corrected chi connectivity index (χ3v) is 3.90. The van der Waals surface area contributed by atoms with Crippen molar-refractivity contribution in [1.29, 1.82) is 0 Å². The molecular weight excluding hydrogens is 384 g/mol. The number of rotatable bonds is 13. The predicted octanol–water partition coefficient (Wildman–Crippen LogP) is -3.30. The van der Waals surface area contributed by atoms with E-state index in [1.165, 1.54) is 11.8 Å². The van der Waals surface area contributed by atoms with Crippen molar-refractivity contribution in [3.63, 3.8) is 0 Å². The molecule has 0 saturated heterocycles. The molecule has 0 aromatic heterocycles. The number of carboxylic acid groups (broad SMARTS) is 2. The number of carbonyl (C=O) groups excluding carboxylic acids is 3. The minimum atomic E-state index is -1.66. The summed E-state index contributed by atoms with van der Waals surface area (Å²) in [7, 11) is 0. The lowest BCUT2D eigenvalue weighted by Gasteiger charge is -2.23. The topological polar surface area (TPSA) is 208 Å². The Balaban J connectivity index is 5.23. The fourth-order valence-corrected chi connectivity index (χ4v) is 2.34. The zero-order chi connectivity index (χ0) is 21.0. The number of nitrogens with two attached hydrogens (primary N) is 1. The number of aliphatic hydroxyl groups excluding tert-OH is 1. The normalized spacial score (nSPS) is 13.7. The summed E-state index contributed by atoms with van der Waals surface area (Å²) in [4.78, 5) is 57.8. The molecule has 0 rings (SSSR count). The van der Waals surface area contributed by atoms with Crippen molar-refractivity contribution in [1.82, 2.24) is 16.0 Å². The van der Waals surface area contributed by atoms with Crippen LogP contribution in [0.1, 0.15) is 12.8 Å². The van der Waals surface area contributed by atoms with Crippen molar-refractivity contribution >= 4 is 41.4 Å². The molecule has 13 heteroatoms. The van der Waals surface area contributed by atoms with E-state index >= 15 is 0 Å². The van der Waals surface area contributed by atoms with E-state index in [0.717, 1.165) is 0 Å². The van der Waals surface area contributed by atoms with Crippen LogP contribution in [-0.4, -0.2) is 88.3 Å². The van der Waals surface area contributed by atoms with Crippen LogP contribution in [0, 0.1) is 0 Å². The molecule has 3 amide bonds. The largest absolute Gasteiger partial charge is 0.481 e. The SMILES string of the molecule is CSCCC(NC(=O)CN)C(=O)NC(CC(=O)O)C(=O)NC(CO)C(=O)O. The Hall–Kier alpha value is -2.38. The van der Waals surface area contributed by atoms with Crippen molar-refractivity contribution in [2.75, 3.05) is 25.2 Å². The van der Waals surface area contributed by atoms with Crippen LogP contribution in [0.25, 0.3) is 0 Å². The Morgan fingerprint density at radius 1 is 0.963 bits per heavy atom. The molecule has 0 radical (unpaired) electrons. The summed E-state index contributed by atoms with van der Waals surface area (Å²) < 4.78 is 0. The maximum atomic E-state index is 12.4. The van der Waals surface area contributed by atoms with Gasteiger partial charge in [-0.2, -0.15) is 11.8 Å². The minimum absolute atomic E-state index is 0.203. The van der Waals surface area contributed by atoms with Gasteiger partial charge in [-0.1, -0.05) is 0 Å². The van der Waals surface area contributed by atoms with Gasteiger partial charge in [0.1, 0.15) is 18.1 Å². The molecule has 27 heavy (non-hydrogen) atoms. The number of hydrogen-bond acceptors (Lipinski definition) is 8. The van der Waals surface area contributed by atoms with E-state index in [1.807, 2.05) is 5.32 Å². The molecule has 3 atom stereocenters. The van der Waals surface area contributed by atoms with Crippen LogP contribution < -0.4 is 21.7 Å². The smallest absolute Gasteiger partial charge is 0.328 e.